The number of carbonyl (C=O) groups is 2. The SMILES string of the molecule is COc1cc(OC)nc(Nc2ccc3cc(C(=O)NC4CCC(OC(N)=O)CC4)n(Cc4cccc5ccccc45)c3c2)n1. The average molecular weight is 595 g/mol. The molecule has 0 atom stereocenters. The van der Waals surface area contributed by atoms with Crippen molar-refractivity contribution < 1.29 is 23.8 Å². The molecule has 5 aromatic rings. The summed E-state index contributed by atoms with van der Waals surface area (Å²) in [4.78, 5) is 33.8. The maximum absolute atomic E-state index is 13.8. The van der Waals surface area contributed by atoms with Gasteiger partial charge in [-0.25, -0.2) is 4.79 Å². The molecule has 44 heavy (non-hydrogen) atoms. The summed E-state index contributed by atoms with van der Waals surface area (Å²) in [6, 6.07) is 23.8. The number of methoxy groups -OCH3 is 2. The number of benzene rings is 3. The Balaban J connectivity index is 1.34. The van der Waals surface area contributed by atoms with Crippen LogP contribution in [-0.2, 0) is 11.3 Å². The number of primary amides is 1. The molecule has 1 aliphatic rings. The average Bonchev–Trinajstić information content (AvgIpc) is 3.39. The summed E-state index contributed by atoms with van der Waals surface area (Å²) >= 11 is 0. The van der Waals surface area contributed by atoms with Gasteiger partial charge in [0.25, 0.3) is 5.91 Å². The number of hydrogen-bond donors (Lipinski definition) is 3. The Hall–Kier alpha value is -5.32. The van der Waals surface area contributed by atoms with Crippen LogP contribution in [0.5, 0.6) is 11.8 Å². The number of nitrogens with zero attached hydrogens (tertiary/aromatic N) is 3. The molecule has 0 aliphatic heterocycles. The van der Waals surface area contributed by atoms with Gasteiger partial charge in [-0.3, -0.25) is 4.79 Å². The summed E-state index contributed by atoms with van der Waals surface area (Å²) in [7, 11) is 3.07. The van der Waals surface area contributed by atoms with Crippen LogP contribution >= 0.6 is 0 Å². The van der Waals surface area contributed by atoms with E-state index in [4.69, 9.17) is 19.9 Å². The number of rotatable bonds is 9. The Morgan fingerprint density at radius 3 is 2.34 bits per heavy atom. The van der Waals surface area contributed by atoms with Gasteiger partial charge >= 0.3 is 6.09 Å². The van der Waals surface area contributed by atoms with Crippen molar-refractivity contribution in [3.05, 3.63) is 84.1 Å². The number of ether oxygens (including phenoxy) is 3. The number of carbonyl (C=O) groups excluding carboxylic acids is 2. The van der Waals surface area contributed by atoms with Crippen LogP contribution in [0.15, 0.2) is 72.8 Å². The van der Waals surface area contributed by atoms with E-state index in [9.17, 15) is 9.59 Å². The molecule has 226 valence electrons. The first kappa shape index (κ1) is 28.8. The summed E-state index contributed by atoms with van der Waals surface area (Å²) in [5, 5.41) is 9.65. The van der Waals surface area contributed by atoms with E-state index >= 15 is 0 Å². The fraction of sp³-hybridized carbons (Fsp3) is 0.273. The van der Waals surface area contributed by atoms with E-state index < -0.39 is 6.09 Å². The normalized spacial score (nSPS) is 16.4. The summed E-state index contributed by atoms with van der Waals surface area (Å²) in [6.07, 6.45) is 1.73. The van der Waals surface area contributed by atoms with Crippen LogP contribution < -0.4 is 25.8 Å². The van der Waals surface area contributed by atoms with Crippen molar-refractivity contribution in [3.8, 4) is 11.8 Å². The van der Waals surface area contributed by atoms with Crippen LogP contribution in [0.4, 0.5) is 16.4 Å². The molecule has 0 saturated heterocycles. The fourth-order valence-electron chi connectivity index (χ4n) is 5.84. The first-order valence-corrected chi connectivity index (χ1v) is 14.5. The molecule has 3 aromatic carbocycles. The van der Waals surface area contributed by atoms with E-state index in [0.717, 1.165) is 32.9 Å². The minimum atomic E-state index is -0.763. The van der Waals surface area contributed by atoms with Crippen molar-refractivity contribution in [2.75, 3.05) is 19.5 Å². The van der Waals surface area contributed by atoms with Crippen molar-refractivity contribution in [2.45, 2.75) is 44.4 Å². The van der Waals surface area contributed by atoms with E-state index in [0.29, 0.717) is 55.6 Å². The molecule has 0 spiro atoms. The molecule has 6 rings (SSSR count). The Morgan fingerprint density at radius 1 is 0.886 bits per heavy atom. The molecule has 4 N–H and O–H groups in total. The zero-order chi connectivity index (χ0) is 30.6. The zero-order valence-electron chi connectivity index (χ0n) is 24.6. The van der Waals surface area contributed by atoms with Crippen molar-refractivity contribution in [2.24, 2.45) is 5.73 Å². The van der Waals surface area contributed by atoms with Gasteiger partial charge in [0.05, 0.1) is 25.8 Å². The first-order valence-electron chi connectivity index (χ1n) is 14.5. The number of anilines is 2. The van der Waals surface area contributed by atoms with E-state index in [1.54, 1.807) is 6.07 Å². The van der Waals surface area contributed by atoms with Crippen LogP contribution in [0, 0.1) is 0 Å². The van der Waals surface area contributed by atoms with Gasteiger partial charge in [0, 0.05) is 23.7 Å². The third-order valence-electron chi connectivity index (χ3n) is 7.99. The standard InChI is InChI=1S/C33H34N6O5/c1-42-29-18-30(43-2)38-33(37-29)36-24-11-10-21-16-28(31(40)35-23-12-14-25(15-13-23)44-32(34)41)39(27(21)17-24)19-22-8-5-7-20-6-3-4-9-26(20)22/h3-11,16-18,23,25H,12-15,19H2,1-2H3,(H2,34,41)(H,35,40)(H,36,37,38). The highest BCUT2D eigenvalue weighted by Gasteiger charge is 2.26. The third-order valence-corrected chi connectivity index (χ3v) is 7.99. The summed E-state index contributed by atoms with van der Waals surface area (Å²) in [6.45, 7) is 0.486. The van der Waals surface area contributed by atoms with Gasteiger partial charge in [-0.2, -0.15) is 9.97 Å². The van der Waals surface area contributed by atoms with Crippen molar-refractivity contribution in [1.29, 1.82) is 0 Å². The molecule has 1 aliphatic carbocycles. The van der Waals surface area contributed by atoms with Gasteiger partial charge in [-0.05, 0) is 60.2 Å². The maximum atomic E-state index is 13.8. The minimum Gasteiger partial charge on any atom is -0.481 e. The monoisotopic (exact) mass is 594 g/mol. The summed E-state index contributed by atoms with van der Waals surface area (Å²) in [5.74, 6) is 0.903. The van der Waals surface area contributed by atoms with Gasteiger partial charge in [0.2, 0.25) is 17.7 Å². The van der Waals surface area contributed by atoms with Gasteiger partial charge < -0.3 is 35.1 Å². The maximum Gasteiger partial charge on any atom is 0.404 e. The number of aromatic nitrogens is 3. The number of amides is 2. The third kappa shape index (κ3) is 6.22. The Morgan fingerprint density at radius 2 is 1.61 bits per heavy atom. The molecule has 0 radical (unpaired) electrons. The van der Waals surface area contributed by atoms with Crippen LogP contribution in [-0.4, -0.2) is 52.9 Å². The van der Waals surface area contributed by atoms with Gasteiger partial charge in [-0.15, -0.1) is 0 Å². The topological polar surface area (TPSA) is 143 Å². The molecule has 2 heterocycles. The van der Waals surface area contributed by atoms with Crippen LogP contribution in [0.2, 0.25) is 0 Å². The zero-order valence-corrected chi connectivity index (χ0v) is 24.6. The van der Waals surface area contributed by atoms with E-state index in [2.05, 4.69) is 44.9 Å². The van der Waals surface area contributed by atoms with Gasteiger partial charge in [-0.1, -0.05) is 48.5 Å². The molecule has 2 aromatic heterocycles. The molecular weight excluding hydrogens is 560 g/mol. The van der Waals surface area contributed by atoms with Gasteiger partial charge in [0.15, 0.2) is 0 Å². The second kappa shape index (κ2) is 12.5. The van der Waals surface area contributed by atoms with E-state index in [1.807, 2.05) is 47.0 Å². The van der Waals surface area contributed by atoms with Crippen LogP contribution in [0.25, 0.3) is 21.7 Å². The highest BCUT2D eigenvalue weighted by molar-refractivity contribution is 6.00. The lowest BCUT2D eigenvalue weighted by Crippen LogP contribution is -2.40. The minimum absolute atomic E-state index is 0.0309. The Labute approximate surface area is 254 Å². The Bertz CT molecular complexity index is 1800. The highest BCUT2D eigenvalue weighted by Crippen LogP contribution is 2.29. The molecular formula is C33H34N6O5. The van der Waals surface area contributed by atoms with E-state index in [-0.39, 0.29) is 18.1 Å². The lowest BCUT2D eigenvalue weighted by atomic mass is 9.93. The van der Waals surface area contributed by atoms with Crippen LogP contribution in [0.1, 0.15) is 41.7 Å². The molecule has 0 unspecified atom stereocenters. The molecule has 0 bridgehead atoms. The number of hydrogen-bond acceptors (Lipinski definition) is 8. The smallest absolute Gasteiger partial charge is 0.404 e. The second-order valence-corrected chi connectivity index (χ2v) is 10.8. The van der Waals surface area contributed by atoms with Crippen molar-refractivity contribution >= 4 is 45.3 Å². The second-order valence-electron chi connectivity index (χ2n) is 10.8. The molecule has 2 amide bonds. The quantitative estimate of drug-likeness (QED) is 0.202. The lowest BCUT2D eigenvalue weighted by molar-refractivity contribution is 0.0708. The number of nitrogens with two attached hydrogens (primary N) is 1. The molecule has 11 heteroatoms. The molecule has 1 saturated carbocycles. The predicted molar refractivity (Wildman–Crippen MR) is 168 cm³/mol. The van der Waals surface area contributed by atoms with E-state index in [1.165, 1.54) is 14.2 Å². The lowest BCUT2D eigenvalue weighted by Gasteiger charge is -2.28. The van der Waals surface area contributed by atoms with Crippen LogP contribution in [0.3, 0.4) is 0 Å². The predicted octanol–water partition coefficient (Wildman–Crippen LogP) is 5.53. The summed E-state index contributed by atoms with van der Waals surface area (Å²) in [5.41, 5.74) is 8.46. The molecule has 11 nitrogen and oxygen atoms in total. The van der Waals surface area contributed by atoms with Crippen molar-refractivity contribution in [1.82, 2.24) is 19.9 Å². The summed E-state index contributed by atoms with van der Waals surface area (Å²) < 4.78 is 17.8. The van der Waals surface area contributed by atoms with Gasteiger partial charge in [0.1, 0.15) is 11.8 Å². The first-order chi connectivity index (χ1) is 21.4. The van der Waals surface area contributed by atoms with Crippen molar-refractivity contribution in [3.63, 3.8) is 0 Å². The molecule has 1 fully saturated rings. The highest BCUT2D eigenvalue weighted by atomic mass is 16.6. The fourth-order valence-corrected chi connectivity index (χ4v) is 5.84. The largest absolute Gasteiger partial charge is 0.481 e. The Kier molecular flexibility index (Phi) is 8.18. The number of nitrogens with one attached hydrogen (secondary N) is 2. The number of fused-ring (bicyclic) bond motifs is 2.